The maximum atomic E-state index is 11.6. The number of halogens is 1. The molecule has 1 heterocycles. The molecule has 2 aromatic rings. The number of amides is 1. The highest BCUT2D eigenvalue weighted by Gasteiger charge is 2.30. The first-order valence-electron chi connectivity index (χ1n) is 10.7. The number of rotatable bonds is 10. The Balaban J connectivity index is 1.39. The van der Waals surface area contributed by atoms with Gasteiger partial charge in [-0.05, 0) is 61.6 Å². The first-order chi connectivity index (χ1) is 14.9. The van der Waals surface area contributed by atoms with Gasteiger partial charge in [0.25, 0.3) is 0 Å². The van der Waals surface area contributed by atoms with Crippen LogP contribution in [0.5, 0.6) is 5.75 Å². The van der Waals surface area contributed by atoms with Crippen LogP contribution >= 0.6 is 11.6 Å². The average Bonchev–Trinajstić information content (AvgIpc) is 3.25. The smallest absolute Gasteiger partial charge is 0.248 e. The molecule has 3 rings (SSSR count). The lowest BCUT2D eigenvalue weighted by Gasteiger charge is -2.18. The Morgan fingerprint density at radius 3 is 2.74 bits per heavy atom. The van der Waals surface area contributed by atoms with Gasteiger partial charge in [-0.1, -0.05) is 35.9 Å². The molecular weight excluding hydrogens is 416 g/mol. The number of aliphatic hydroxyl groups is 1. The van der Waals surface area contributed by atoms with Crippen LogP contribution in [0.4, 0.5) is 0 Å². The molecular formula is C24H31ClN2O4. The summed E-state index contributed by atoms with van der Waals surface area (Å²) in [6, 6.07) is 15.5. The van der Waals surface area contributed by atoms with Gasteiger partial charge in [-0.25, -0.2) is 0 Å². The summed E-state index contributed by atoms with van der Waals surface area (Å²) < 4.78 is 11.6. The van der Waals surface area contributed by atoms with Crippen molar-refractivity contribution in [2.45, 2.75) is 50.5 Å². The highest BCUT2D eigenvalue weighted by molar-refractivity contribution is 6.30. The fourth-order valence-corrected chi connectivity index (χ4v) is 3.86. The van der Waals surface area contributed by atoms with E-state index in [4.69, 9.17) is 21.1 Å². The fraction of sp³-hybridized carbons (Fsp3) is 0.458. The van der Waals surface area contributed by atoms with Gasteiger partial charge in [0.2, 0.25) is 5.91 Å². The van der Waals surface area contributed by atoms with E-state index in [-0.39, 0.29) is 24.2 Å². The molecule has 31 heavy (non-hydrogen) atoms. The summed E-state index contributed by atoms with van der Waals surface area (Å²) in [6.07, 6.45) is 1.36. The van der Waals surface area contributed by atoms with E-state index in [1.165, 1.54) is 5.56 Å². The topological polar surface area (TPSA) is 79.8 Å². The molecule has 0 radical (unpaired) electrons. The number of benzene rings is 2. The van der Waals surface area contributed by atoms with Gasteiger partial charge >= 0.3 is 0 Å². The fourth-order valence-electron chi connectivity index (χ4n) is 3.66. The summed E-state index contributed by atoms with van der Waals surface area (Å²) in [7, 11) is 1.62. The molecule has 0 bridgehead atoms. The maximum absolute atomic E-state index is 11.6. The predicted octanol–water partition coefficient (Wildman–Crippen LogP) is 3.27. The Labute approximate surface area is 188 Å². The van der Waals surface area contributed by atoms with E-state index in [9.17, 15) is 9.90 Å². The summed E-state index contributed by atoms with van der Waals surface area (Å²) >= 11 is 5.99. The van der Waals surface area contributed by atoms with E-state index in [0.29, 0.717) is 18.2 Å². The zero-order chi connectivity index (χ0) is 22.2. The summed E-state index contributed by atoms with van der Waals surface area (Å²) in [6.45, 7) is 2.99. The van der Waals surface area contributed by atoms with Gasteiger partial charge < -0.3 is 25.2 Å². The largest absolute Gasteiger partial charge is 0.491 e. The molecule has 2 aromatic carbocycles. The Morgan fingerprint density at radius 1 is 1.26 bits per heavy atom. The molecule has 7 heteroatoms. The van der Waals surface area contributed by atoms with Crippen LogP contribution in [0.2, 0.25) is 5.02 Å². The Kier molecular flexibility index (Phi) is 8.72. The van der Waals surface area contributed by atoms with Gasteiger partial charge in [-0.2, -0.15) is 0 Å². The SMILES string of the molecule is CNC(=O)C1CCC(COc2ccc(CC(C)NCC(O)c3cccc(Cl)c3)cc2)O1. The van der Waals surface area contributed by atoms with Crippen molar-refractivity contribution in [1.82, 2.24) is 10.6 Å². The van der Waals surface area contributed by atoms with Crippen molar-refractivity contribution in [2.75, 3.05) is 20.2 Å². The standard InChI is InChI=1S/C24H31ClN2O4/c1-16(27-14-22(28)18-4-3-5-19(25)13-18)12-17-6-8-20(9-7-17)30-15-21-10-11-23(31-21)24(29)26-2/h3-9,13,16,21-23,27-28H,10-12,14-15H2,1-2H3,(H,26,29). The molecule has 6 nitrogen and oxygen atoms in total. The minimum atomic E-state index is -0.599. The van der Waals surface area contributed by atoms with E-state index in [1.807, 2.05) is 36.4 Å². The first kappa shape index (κ1) is 23.5. The van der Waals surface area contributed by atoms with Crippen molar-refractivity contribution in [1.29, 1.82) is 0 Å². The molecule has 1 amide bonds. The zero-order valence-electron chi connectivity index (χ0n) is 18.0. The summed E-state index contributed by atoms with van der Waals surface area (Å²) in [5.74, 6) is 0.711. The van der Waals surface area contributed by atoms with Crippen LogP contribution < -0.4 is 15.4 Å². The van der Waals surface area contributed by atoms with E-state index in [0.717, 1.165) is 30.6 Å². The normalized spacial score (nSPS) is 20.3. The lowest BCUT2D eigenvalue weighted by Crippen LogP contribution is -2.32. The number of likely N-dealkylation sites (N-methyl/N-ethyl adjacent to an activating group) is 1. The van der Waals surface area contributed by atoms with Crippen LogP contribution in [0.15, 0.2) is 48.5 Å². The molecule has 0 saturated carbocycles. The van der Waals surface area contributed by atoms with Gasteiger partial charge in [-0.15, -0.1) is 0 Å². The van der Waals surface area contributed by atoms with Crippen LogP contribution in [-0.4, -0.2) is 49.5 Å². The second-order valence-corrected chi connectivity index (χ2v) is 8.41. The van der Waals surface area contributed by atoms with E-state index in [2.05, 4.69) is 17.6 Å². The number of nitrogens with one attached hydrogen (secondary N) is 2. The third-order valence-corrected chi connectivity index (χ3v) is 5.68. The first-order valence-corrected chi connectivity index (χ1v) is 11.1. The second-order valence-electron chi connectivity index (χ2n) is 7.98. The highest BCUT2D eigenvalue weighted by Crippen LogP contribution is 2.22. The molecule has 0 spiro atoms. The van der Waals surface area contributed by atoms with Crippen LogP contribution in [0.25, 0.3) is 0 Å². The molecule has 0 aromatic heterocycles. The summed E-state index contributed by atoms with van der Waals surface area (Å²) in [5, 5.41) is 16.9. The van der Waals surface area contributed by atoms with Crippen LogP contribution in [0, 0.1) is 0 Å². The lowest BCUT2D eigenvalue weighted by molar-refractivity contribution is -0.132. The van der Waals surface area contributed by atoms with E-state index < -0.39 is 6.10 Å². The van der Waals surface area contributed by atoms with Crippen molar-refractivity contribution in [3.8, 4) is 5.75 Å². The van der Waals surface area contributed by atoms with Crippen molar-refractivity contribution in [3.05, 3.63) is 64.7 Å². The number of aliphatic hydroxyl groups excluding tert-OH is 1. The minimum absolute atomic E-state index is 0.0582. The maximum Gasteiger partial charge on any atom is 0.248 e. The molecule has 1 saturated heterocycles. The van der Waals surface area contributed by atoms with Crippen LogP contribution in [0.3, 0.4) is 0 Å². The third kappa shape index (κ3) is 7.21. The molecule has 168 valence electrons. The van der Waals surface area contributed by atoms with Gasteiger partial charge in [0.15, 0.2) is 0 Å². The molecule has 3 N–H and O–H groups in total. The van der Waals surface area contributed by atoms with Crippen molar-refractivity contribution in [2.24, 2.45) is 0 Å². The van der Waals surface area contributed by atoms with Crippen molar-refractivity contribution in [3.63, 3.8) is 0 Å². The van der Waals surface area contributed by atoms with Gasteiger partial charge in [0, 0.05) is 24.7 Å². The monoisotopic (exact) mass is 446 g/mol. The number of ether oxygens (including phenoxy) is 2. The third-order valence-electron chi connectivity index (χ3n) is 5.44. The Morgan fingerprint density at radius 2 is 2.03 bits per heavy atom. The Hall–Kier alpha value is -2.12. The summed E-state index contributed by atoms with van der Waals surface area (Å²) in [5.41, 5.74) is 1.99. The Bertz CT molecular complexity index is 846. The lowest BCUT2D eigenvalue weighted by atomic mass is 10.1. The second kappa shape index (κ2) is 11.5. The van der Waals surface area contributed by atoms with Gasteiger partial charge in [0.1, 0.15) is 18.5 Å². The van der Waals surface area contributed by atoms with E-state index in [1.54, 1.807) is 19.2 Å². The quantitative estimate of drug-likeness (QED) is 0.522. The molecule has 1 fully saturated rings. The van der Waals surface area contributed by atoms with Gasteiger partial charge in [0.05, 0.1) is 12.2 Å². The number of hydrogen-bond acceptors (Lipinski definition) is 5. The molecule has 0 aliphatic carbocycles. The van der Waals surface area contributed by atoms with Crippen LogP contribution in [0.1, 0.15) is 37.0 Å². The van der Waals surface area contributed by atoms with Crippen LogP contribution in [-0.2, 0) is 16.0 Å². The highest BCUT2D eigenvalue weighted by atomic mass is 35.5. The molecule has 1 aliphatic rings. The number of carbonyl (C=O) groups excluding carboxylic acids is 1. The number of carbonyl (C=O) groups is 1. The van der Waals surface area contributed by atoms with E-state index >= 15 is 0 Å². The average molecular weight is 447 g/mol. The zero-order valence-corrected chi connectivity index (χ0v) is 18.8. The van der Waals surface area contributed by atoms with Gasteiger partial charge in [-0.3, -0.25) is 4.79 Å². The molecule has 4 unspecified atom stereocenters. The minimum Gasteiger partial charge on any atom is -0.491 e. The molecule has 4 atom stereocenters. The van der Waals surface area contributed by atoms with Crippen molar-refractivity contribution >= 4 is 17.5 Å². The summed E-state index contributed by atoms with van der Waals surface area (Å²) in [4.78, 5) is 11.6. The van der Waals surface area contributed by atoms with Crippen molar-refractivity contribution < 1.29 is 19.4 Å². The number of hydrogen-bond donors (Lipinski definition) is 3. The molecule has 1 aliphatic heterocycles. The predicted molar refractivity (Wildman–Crippen MR) is 121 cm³/mol.